The summed E-state index contributed by atoms with van der Waals surface area (Å²) in [4.78, 5) is 25.9. The number of benzene rings is 4. The summed E-state index contributed by atoms with van der Waals surface area (Å²) in [5.74, 6) is 1.83. The van der Waals surface area contributed by atoms with Gasteiger partial charge in [0.15, 0.2) is 5.78 Å². The average Bonchev–Trinajstić information content (AvgIpc) is 3.34. The van der Waals surface area contributed by atoms with Gasteiger partial charge in [-0.05, 0) is 79.2 Å². The number of rotatable bonds is 10. The molecule has 0 atom stereocenters. The number of aryl methyl sites for hydroxylation is 1. The zero-order chi connectivity index (χ0) is 28.8. The van der Waals surface area contributed by atoms with Gasteiger partial charge in [-0.15, -0.1) is 0 Å². The van der Waals surface area contributed by atoms with Gasteiger partial charge in [-0.25, -0.2) is 4.79 Å². The van der Waals surface area contributed by atoms with E-state index in [0.29, 0.717) is 57.5 Å². The Morgan fingerprint density at radius 1 is 0.805 bits per heavy atom. The molecular formula is C34H28O7. The van der Waals surface area contributed by atoms with Crippen molar-refractivity contribution in [3.05, 3.63) is 125 Å². The van der Waals surface area contributed by atoms with Crippen LogP contribution in [0.5, 0.6) is 23.0 Å². The summed E-state index contributed by atoms with van der Waals surface area (Å²) in [7, 11) is 3.13. The predicted octanol–water partition coefficient (Wildman–Crippen LogP) is 7.45. The largest absolute Gasteiger partial charge is 0.497 e. The monoisotopic (exact) mass is 548 g/mol. The molecular weight excluding hydrogens is 520 g/mol. The molecule has 1 heterocycles. The Morgan fingerprint density at radius 2 is 1.54 bits per heavy atom. The van der Waals surface area contributed by atoms with Crippen LogP contribution in [0, 0.1) is 6.92 Å². The van der Waals surface area contributed by atoms with E-state index in [-0.39, 0.29) is 5.78 Å². The van der Waals surface area contributed by atoms with Gasteiger partial charge in [0.2, 0.25) is 0 Å². The van der Waals surface area contributed by atoms with Crippen molar-refractivity contribution in [2.45, 2.75) is 13.5 Å². The molecule has 0 aliphatic rings. The molecule has 0 bridgehead atoms. The molecule has 0 aliphatic carbocycles. The van der Waals surface area contributed by atoms with Crippen molar-refractivity contribution in [1.82, 2.24) is 0 Å². The summed E-state index contributed by atoms with van der Waals surface area (Å²) < 4.78 is 27.9. The standard InChI is InChI=1S/C34H28O7/c1-22-33(29-19-28(16-18-31(29)40-22)39-21-23-7-5-4-6-8-23)34(36)41-26-13-9-24(10-14-26)30(35)17-12-25-11-15-27(37-2)20-32(25)38-3/h4-20H,21H2,1-3H3/b17-12+. The smallest absolute Gasteiger partial charge is 0.347 e. The van der Waals surface area contributed by atoms with Crippen molar-refractivity contribution in [2.75, 3.05) is 14.2 Å². The lowest BCUT2D eigenvalue weighted by atomic mass is 10.1. The van der Waals surface area contributed by atoms with E-state index >= 15 is 0 Å². The number of ether oxygens (including phenoxy) is 4. The van der Waals surface area contributed by atoms with E-state index in [1.165, 1.54) is 6.08 Å². The van der Waals surface area contributed by atoms with E-state index in [2.05, 4.69) is 0 Å². The van der Waals surface area contributed by atoms with Gasteiger partial charge in [0.25, 0.3) is 0 Å². The van der Waals surface area contributed by atoms with Gasteiger partial charge in [-0.2, -0.15) is 0 Å². The number of furan rings is 1. The van der Waals surface area contributed by atoms with E-state index in [1.807, 2.05) is 36.4 Å². The first-order valence-corrected chi connectivity index (χ1v) is 12.9. The van der Waals surface area contributed by atoms with E-state index < -0.39 is 5.97 Å². The lowest BCUT2D eigenvalue weighted by molar-refractivity contribution is 0.0734. The molecule has 41 heavy (non-hydrogen) atoms. The second kappa shape index (κ2) is 12.3. The first-order chi connectivity index (χ1) is 19.9. The molecule has 1 aromatic heterocycles. The van der Waals surface area contributed by atoms with Gasteiger partial charge in [-0.3, -0.25) is 4.79 Å². The Morgan fingerprint density at radius 3 is 2.27 bits per heavy atom. The van der Waals surface area contributed by atoms with E-state index in [1.54, 1.807) is 81.8 Å². The highest BCUT2D eigenvalue weighted by molar-refractivity contribution is 6.07. The van der Waals surface area contributed by atoms with Crippen LogP contribution < -0.4 is 18.9 Å². The molecule has 4 aromatic carbocycles. The lowest BCUT2D eigenvalue weighted by Gasteiger charge is -2.07. The third-order valence-corrected chi connectivity index (χ3v) is 6.49. The Labute approximate surface area is 237 Å². The first kappa shape index (κ1) is 27.3. The molecule has 0 spiro atoms. The normalized spacial score (nSPS) is 11.0. The molecule has 7 heteroatoms. The maximum atomic E-state index is 13.2. The predicted molar refractivity (Wildman–Crippen MR) is 156 cm³/mol. The fourth-order valence-corrected chi connectivity index (χ4v) is 4.35. The molecule has 5 aromatic rings. The lowest BCUT2D eigenvalue weighted by Crippen LogP contribution is -2.09. The Kier molecular flexibility index (Phi) is 8.15. The van der Waals surface area contributed by atoms with Crippen LogP contribution in [0.1, 0.15) is 37.6 Å². The van der Waals surface area contributed by atoms with Gasteiger partial charge in [0, 0.05) is 22.6 Å². The number of ketones is 1. The number of fused-ring (bicyclic) bond motifs is 1. The van der Waals surface area contributed by atoms with Crippen LogP contribution in [0.2, 0.25) is 0 Å². The van der Waals surface area contributed by atoms with Gasteiger partial charge >= 0.3 is 5.97 Å². The Balaban J connectivity index is 1.27. The zero-order valence-corrected chi connectivity index (χ0v) is 22.9. The Hall–Kier alpha value is -5.30. The highest BCUT2D eigenvalue weighted by Crippen LogP contribution is 2.31. The van der Waals surface area contributed by atoms with Gasteiger partial charge in [0.1, 0.15) is 46.5 Å². The minimum atomic E-state index is -0.563. The number of allylic oxidation sites excluding steroid dienone is 1. The van der Waals surface area contributed by atoms with Crippen LogP contribution in [0.3, 0.4) is 0 Å². The zero-order valence-electron chi connectivity index (χ0n) is 22.9. The molecule has 0 fully saturated rings. The second-order valence-corrected chi connectivity index (χ2v) is 9.18. The SMILES string of the molecule is COc1ccc(/C=C/C(=O)c2ccc(OC(=O)c3c(C)oc4ccc(OCc5ccccc5)cc34)cc2)c(OC)c1. The third kappa shape index (κ3) is 6.31. The fourth-order valence-electron chi connectivity index (χ4n) is 4.35. The summed E-state index contributed by atoms with van der Waals surface area (Å²) in [6.45, 7) is 2.11. The van der Waals surface area contributed by atoms with Crippen molar-refractivity contribution >= 4 is 28.8 Å². The molecule has 0 saturated heterocycles. The molecule has 0 radical (unpaired) electrons. The second-order valence-electron chi connectivity index (χ2n) is 9.18. The van der Waals surface area contributed by atoms with Gasteiger partial charge in [0.05, 0.1) is 14.2 Å². The van der Waals surface area contributed by atoms with Crippen LogP contribution in [0.15, 0.2) is 101 Å². The topological polar surface area (TPSA) is 84.2 Å². The number of carbonyl (C=O) groups is 2. The van der Waals surface area contributed by atoms with Crippen molar-refractivity contribution in [2.24, 2.45) is 0 Å². The fraction of sp³-hybridized carbons (Fsp3) is 0.118. The van der Waals surface area contributed by atoms with Gasteiger partial charge in [-0.1, -0.05) is 30.3 Å². The number of hydrogen-bond donors (Lipinski definition) is 0. The van der Waals surface area contributed by atoms with E-state index in [4.69, 9.17) is 23.4 Å². The summed E-state index contributed by atoms with van der Waals surface area (Å²) >= 11 is 0. The molecule has 0 aliphatic heterocycles. The molecule has 206 valence electrons. The summed E-state index contributed by atoms with van der Waals surface area (Å²) in [6, 6.07) is 26.9. The minimum Gasteiger partial charge on any atom is -0.497 e. The minimum absolute atomic E-state index is 0.208. The van der Waals surface area contributed by atoms with Crippen molar-refractivity contribution < 1.29 is 33.0 Å². The van der Waals surface area contributed by atoms with Crippen LogP contribution in [-0.2, 0) is 6.61 Å². The summed E-state index contributed by atoms with van der Waals surface area (Å²) in [5.41, 5.74) is 3.10. The van der Waals surface area contributed by atoms with E-state index in [9.17, 15) is 9.59 Å². The maximum absolute atomic E-state index is 13.2. The van der Waals surface area contributed by atoms with Crippen molar-refractivity contribution in [3.8, 4) is 23.0 Å². The van der Waals surface area contributed by atoms with Crippen molar-refractivity contribution in [3.63, 3.8) is 0 Å². The highest BCUT2D eigenvalue weighted by Gasteiger charge is 2.21. The molecule has 7 nitrogen and oxygen atoms in total. The number of methoxy groups -OCH3 is 2. The maximum Gasteiger partial charge on any atom is 0.347 e. The van der Waals surface area contributed by atoms with Crippen LogP contribution in [-0.4, -0.2) is 26.0 Å². The van der Waals surface area contributed by atoms with E-state index in [0.717, 1.165) is 11.1 Å². The number of carbonyl (C=O) groups excluding carboxylic acids is 2. The summed E-state index contributed by atoms with van der Waals surface area (Å²) in [5, 5.41) is 0.601. The molecule has 0 unspecified atom stereocenters. The quantitative estimate of drug-likeness (QED) is 0.0775. The molecule has 0 saturated carbocycles. The summed E-state index contributed by atoms with van der Waals surface area (Å²) in [6.07, 6.45) is 3.14. The van der Waals surface area contributed by atoms with Crippen LogP contribution in [0.25, 0.3) is 17.0 Å². The third-order valence-electron chi connectivity index (χ3n) is 6.49. The number of esters is 1. The molecule has 5 rings (SSSR count). The average molecular weight is 549 g/mol. The first-order valence-electron chi connectivity index (χ1n) is 12.9. The molecule has 0 amide bonds. The van der Waals surface area contributed by atoms with Crippen LogP contribution >= 0.6 is 0 Å². The number of hydrogen-bond acceptors (Lipinski definition) is 7. The highest BCUT2D eigenvalue weighted by atomic mass is 16.5. The molecule has 0 N–H and O–H groups in total. The Bertz CT molecular complexity index is 1710. The van der Waals surface area contributed by atoms with Gasteiger partial charge < -0.3 is 23.4 Å². The van der Waals surface area contributed by atoms with Crippen LogP contribution in [0.4, 0.5) is 0 Å². The van der Waals surface area contributed by atoms with Crippen molar-refractivity contribution in [1.29, 1.82) is 0 Å².